The van der Waals surface area contributed by atoms with E-state index in [2.05, 4.69) is 22.8 Å². The molecule has 1 heterocycles. The summed E-state index contributed by atoms with van der Waals surface area (Å²) in [6, 6.07) is 21.7. The SMILES string of the molecule is C[C@@H](CCc1ccccc1)NC(=O)c1ccc2c(c1)NC(=O)/C(=C\c1ccccc1F)S2. The van der Waals surface area contributed by atoms with Gasteiger partial charge >= 0.3 is 0 Å². The van der Waals surface area contributed by atoms with E-state index < -0.39 is 0 Å². The average molecular weight is 447 g/mol. The molecule has 2 amide bonds. The van der Waals surface area contributed by atoms with Gasteiger partial charge in [-0.25, -0.2) is 4.39 Å². The monoisotopic (exact) mass is 446 g/mol. The van der Waals surface area contributed by atoms with Crippen LogP contribution in [-0.2, 0) is 11.2 Å². The molecule has 6 heteroatoms. The van der Waals surface area contributed by atoms with E-state index in [1.807, 2.05) is 25.1 Å². The van der Waals surface area contributed by atoms with Gasteiger partial charge in [0.2, 0.25) is 0 Å². The predicted molar refractivity (Wildman–Crippen MR) is 127 cm³/mol. The van der Waals surface area contributed by atoms with Gasteiger partial charge in [0.25, 0.3) is 11.8 Å². The number of rotatable bonds is 6. The zero-order valence-corrected chi connectivity index (χ0v) is 18.4. The van der Waals surface area contributed by atoms with Crippen LogP contribution in [0.1, 0.15) is 34.8 Å². The molecule has 162 valence electrons. The van der Waals surface area contributed by atoms with Crippen LogP contribution in [0.5, 0.6) is 0 Å². The minimum absolute atomic E-state index is 0.0120. The summed E-state index contributed by atoms with van der Waals surface area (Å²) in [4.78, 5) is 26.4. The maximum atomic E-state index is 13.9. The highest BCUT2D eigenvalue weighted by molar-refractivity contribution is 8.04. The summed E-state index contributed by atoms with van der Waals surface area (Å²) in [5.74, 6) is -0.882. The number of carbonyl (C=O) groups is 2. The first kappa shape index (κ1) is 21.8. The fourth-order valence-electron chi connectivity index (χ4n) is 3.44. The van der Waals surface area contributed by atoms with Crippen molar-refractivity contribution in [3.63, 3.8) is 0 Å². The number of carbonyl (C=O) groups excluding carboxylic acids is 2. The maximum Gasteiger partial charge on any atom is 0.262 e. The molecule has 0 radical (unpaired) electrons. The molecule has 0 saturated carbocycles. The van der Waals surface area contributed by atoms with Gasteiger partial charge in [-0.15, -0.1) is 0 Å². The fourth-order valence-corrected chi connectivity index (χ4v) is 4.36. The normalized spacial score (nSPS) is 15.1. The summed E-state index contributed by atoms with van der Waals surface area (Å²) in [5.41, 5.74) is 2.66. The molecule has 4 rings (SSSR count). The number of hydrogen-bond donors (Lipinski definition) is 2. The molecule has 2 N–H and O–H groups in total. The van der Waals surface area contributed by atoms with Gasteiger partial charge in [-0.3, -0.25) is 9.59 Å². The Kier molecular flexibility index (Phi) is 6.71. The van der Waals surface area contributed by atoms with Crippen molar-refractivity contribution in [2.75, 3.05) is 5.32 Å². The molecular formula is C26H23FN2O2S. The summed E-state index contributed by atoms with van der Waals surface area (Å²) in [6.07, 6.45) is 3.25. The summed E-state index contributed by atoms with van der Waals surface area (Å²) >= 11 is 1.26. The van der Waals surface area contributed by atoms with Crippen LogP contribution in [0.2, 0.25) is 0 Å². The Morgan fingerprint density at radius 1 is 1.09 bits per heavy atom. The van der Waals surface area contributed by atoms with Crippen molar-refractivity contribution in [3.05, 3.63) is 100 Å². The first-order valence-electron chi connectivity index (χ1n) is 10.4. The van der Waals surface area contributed by atoms with Gasteiger partial charge < -0.3 is 10.6 Å². The van der Waals surface area contributed by atoms with E-state index in [0.29, 0.717) is 21.7 Å². The molecule has 0 aromatic heterocycles. The molecular weight excluding hydrogens is 423 g/mol. The van der Waals surface area contributed by atoms with Crippen molar-refractivity contribution in [2.45, 2.75) is 30.7 Å². The van der Waals surface area contributed by atoms with Crippen LogP contribution < -0.4 is 10.6 Å². The molecule has 3 aromatic carbocycles. The van der Waals surface area contributed by atoms with Crippen molar-refractivity contribution in [2.24, 2.45) is 0 Å². The molecule has 0 saturated heterocycles. The van der Waals surface area contributed by atoms with Gasteiger partial charge in [0.1, 0.15) is 5.82 Å². The molecule has 4 nitrogen and oxygen atoms in total. The molecule has 0 spiro atoms. The van der Waals surface area contributed by atoms with Crippen LogP contribution in [0.15, 0.2) is 82.6 Å². The number of anilines is 1. The molecule has 0 bridgehead atoms. The Hall–Kier alpha value is -3.38. The van der Waals surface area contributed by atoms with E-state index >= 15 is 0 Å². The number of amides is 2. The Morgan fingerprint density at radius 2 is 1.84 bits per heavy atom. The second kappa shape index (κ2) is 9.83. The number of nitrogens with one attached hydrogen (secondary N) is 2. The van der Waals surface area contributed by atoms with E-state index in [-0.39, 0.29) is 23.7 Å². The molecule has 0 aliphatic carbocycles. The second-order valence-electron chi connectivity index (χ2n) is 7.70. The van der Waals surface area contributed by atoms with Crippen LogP contribution in [0.4, 0.5) is 10.1 Å². The zero-order chi connectivity index (χ0) is 22.5. The minimum Gasteiger partial charge on any atom is -0.350 e. The molecule has 0 fully saturated rings. The standard InChI is InChI=1S/C26H23FN2O2S/c1-17(11-12-18-7-3-2-4-8-18)28-25(30)20-13-14-23-22(15-20)29-26(31)24(32-23)16-19-9-5-6-10-21(19)27/h2-10,13-17H,11-12H2,1H3,(H,28,30)(H,29,31)/b24-16+/t17-/m0/s1. The fraction of sp³-hybridized carbons (Fsp3) is 0.154. The highest BCUT2D eigenvalue weighted by Crippen LogP contribution is 2.39. The van der Waals surface area contributed by atoms with Gasteiger partial charge in [-0.2, -0.15) is 0 Å². The molecule has 0 unspecified atom stereocenters. The highest BCUT2D eigenvalue weighted by atomic mass is 32.2. The molecule has 3 aromatic rings. The number of fused-ring (bicyclic) bond motifs is 1. The highest BCUT2D eigenvalue weighted by Gasteiger charge is 2.23. The lowest BCUT2D eigenvalue weighted by Gasteiger charge is -2.20. The summed E-state index contributed by atoms with van der Waals surface area (Å²) in [6.45, 7) is 1.98. The van der Waals surface area contributed by atoms with Crippen LogP contribution in [0.25, 0.3) is 6.08 Å². The second-order valence-corrected chi connectivity index (χ2v) is 8.78. The van der Waals surface area contributed by atoms with Crippen LogP contribution in [0, 0.1) is 5.82 Å². The number of halogens is 1. The first-order valence-corrected chi connectivity index (χ1v) is 11.3. The largest absolute Gasteiger partial charge is 0.350 e. The Labute approximate surface area is 190 Å². The Bertz CT molecular complexity index is 1180. The molecule has 32 heavy (non-hydrogen) atoms. The van der Waals surface area contributed by atoms with E-state index in [1.165, 1.54) is 29.5 Å². The Morgan fingerprint density at radius 3 is 2.62 bits per heavy atom. The van der Waals surface area contributed by atoms with Crippen molar-refractivity contribution >= 4 is 35.3 Å². The summed E-state index contributed by atoms with van der Waals surface area (Å²) in [5, 5.41) is 5.84. The third-order valence-electron chi connectivity index (χ3n) is 5.21. The Balaban J connectivity index is 1.42. The third kappa shape index (κ3) is 5.26. The molecule has 1 aliphatic heterocycles. The quantitative estimate of drug-likeness (QED) is 0.480. The third-order valence-corrected chi connectivity index (χ3v) is 6.31. The van der Waals surface area contributed by atoms with Crippen LogP contribution in [-0.4, -0.2) is 17.9 Å². The van der Waals surface area contributed by atoms with E-state index in [0.717, 1.165) is 17.7 Å². The summed E-state index contributed by atoms with van der Waals surface area (Å²) in [7, 11) is 0. The molecule has 1 aliphatic rings. The predicted octanol–water partition coefficient (Wildman–Crippen LogP) is 5.66. The van der Waals surface area contributed by atoms with Crippen LogP contribution in [0.3, 0.4) is 0 Å². The lowest BCUT2D eigenvalue weighted by atomic mass is 10.1. The van der Waals surface area contributed by atoms with Crippen molar-refractivity contribution in [1.29, 1.82) is 0 Å². The average Bonchev–Trinajstić information content (AvgIpc) is 2.80. The maximum absolute atomic E-state index is 13.9. The zero-order valence-electron chi connectivity index (χ0n) is 17.6. The molecule has 1 atom stereocenters. The van der Waals surface area contributed by atoms with Gasteiger partial charge in [-0.1, -0.05) is 60.3 Å². The smallest absolute Gasteiger partial charge is 0.262 e. The van der Waals surface area contributed by atoms with Gasteiger partial charge in [0.15, 0.2) is 0 Å². The first-order chi connectivity index (χ1) is 15.5. The van der Waals surface area contributed by atoms with E-state index in [1.54, 1.807) is 36.4 Å². The summed E-state index contributed by atoms with van der Waals surface area (Å²) < 4.78 is 13.9. The minimum atomic E-state index is -0.382. The number of hydrogen-bond acceptors (Lipinski definition) is 3. The van der Waals surface area contributed by atoms with Crippen molar-refractivity contribution < 1.29 is 14.0 Å². The number of aryl methyl sites for hydroxylation is 1. The van der Waals surface area contributed by atoms with E-state index in [4.69, 9.17) is 0 Å². The van der Waals surface area contributed by atoms with Crippen molar-refractivity contribution in [3.8, 4) is 0 Å². The number of thioether (sulfide) groups is 1. The van der Waals surface area contributed by atoms with Gasteiger partial charge in [0.05, 0.1) is 10.6 Å². The van der Waals surface area contributed by atoms with Crippen molar-refractivity contribution in [1.82, 2.24) is 5.32 Å². The lowest BCUT2D eigenvalue weighted by Crippen LogP contribution is -2.33. The number of benzene rings is 3. The van der Waals surface area contributed by atoms with E-state index in [9.17, 15) is 14.0 Å². The van der Waals surface area contributed by atoms with Crippen LogP contribution >= 0.6 is 11.8 Å². The topological polar surface area (TPSA) is 58.2 Å². The van der Waals surface area contributed by atoms with Gasteiger partial charge in [0, 0.05) is 22.1 Å². The lowest BCUT2D eigenvalue weighted by molar-refractivity contribution is -0.112. The van der Waals surface area contributed by atoms with Gasteiger partial charge in [-0.05, 0) is 55.7 Å².